The van der Waals surface area contributed by atoms with Gasteiger partial charge in [0.05, 0.1) is 4.91 Å². The molecule has 0 aliphatic carbocycles. The molecule has 0 saturated carbocycles. The minimum atomic E-state index is -0.166. The molecule has 1 fully saturated rings. The van der Waals surface area contributed by atoms with Gasteiger partial charge in [0.25, 0.3) is 5.91 Å². The Kier molecular flexibility index (Phi) is 6.27. The third-order valence-corrected chi connectivity index (χ3v) is 4.12. The van der Waals surface area contributed by atoms with Crippen molar-refractivity contribution in [2.75, 3.05) is 0 Å². The summed E-state index contributed by atoms with van der Waals surface area (Å²) in [5, 5.41) is 0. The van der Waals surface area contributed by atoms with Crippen LogP contribution in [0.15, 0.2) is 11.0 Å². The SMILES string of the molecule is [B]N1C(=O)/C(=C\C(C)CCCCCC)SC1=S. The smallest absolute Gasteiger partial charge is 0.252 e. The Labute approximate surface area is 115 Å². The first-order valence-corrected chi connectivity index (χ1v) is 7.31. The van der Waals surface area contributed by atoms with Gasteiger partial charge >= 0.3 is 0 Å². The third-order valence-electron chi connectivity index (χ3n) is 2.77. The lowest BCUT2D eigenvalue weighted by Crippen LogP contribution is -2.24. The molecule has 0 aromatic heterocycles. The fourth-order valence-corrected chi connectivity index (χ4v) is 2.94. The quantitative estimate of drug-likeness (QED) is 0.318. The topological polar surface area (TPSA) is 20.3 Å². The fourth-order valence-electron chi connectivity index (χ4n) is 1.73. The number of thioether (sulfide) groups is 1. The number of hydrogen-bond donors (Lipinski definition) is 0. The number of nitrogens with zero attached hydrogens (tertiary/aromatic N) is 1. The van der Waals surface area contributed by atoms with E-state index < -0.39 is 0 Å². The van der Waals surface area contributed by atoms with Gasteiger partial charge in [-0.15, -0.1) is 0 Å². The van der Waals surface area contributed by atoms with Crippen LogP contribution in [-0.4, -0.2) is 23.0 Å². The van der Waals surface area contributed by atoms with Gasteiger partial charge in [-0.3, -0.25) is 4.79 Å². The van der Waals surface area contributed by atoms with Crippen LogP contribution in [0.5, 0.6) is 0 Å². The second-order valence-electron chi connectivity index (χ2n) is 4.40. The van der Waals surface area contributed by atoms with Crippen LogP contribution in [0, 0.1) is 5.92 Å². The van der Waals surface area contributed by atoms with Crippen LogP contribution in [0.3, 0.4) is 0 Å². The second-order valence-corrected chi connectivity index (χ2v) is 6.08. The van der Waals surface area contributed by atoms with E-state index >= 15 is 0 Å². The van der Waals surface area contributed by atoms with Crippen LogP contribution in [0.25, 0.3) is 0 Å². The molecular formula is C12H18BNOS2. The van der Waals surface area contributed by atoms with Crippen LogP contribution in [0.1, 0.15) is 46.0 Å². The molecule has 2 nitrogen and oxygen atoms in total. The number of rotatable bonds is 6. The Hall–Kier alpha value is -0.285. The summed E-state index contributed by atoms with van der Waals surface area (Å²) in [6.45, 7) is 4.34. The van der Waals surface area contributed by atoms with Crippen molar-refractivity contribution >= 4 is 42.2 Å². The second kappa shape index (κ2) is 7.22. The van der Waals surface area contributed by atoms with Crippen molar-refractivity contribution < 1.29 is 4.79 Å². The first-order valence-electron chi connectivity index (χ1n) is 6.09. The van der Waals surface area contributed by atoms with E-state index in [1.54, 1.807) is 0 Å². The highest BCUT2D eigenvalue weighted by atomic mass is 32.2. The van der Waals surface area contributed by atoms with Crippen molar-refractivity contribution in [1.82, 2.24) is 4.81 Å². The summed E-state index contributed by atoms with van der Waals surface area (Å²) >= 11 is 6.27. The van der Waals surface area contributed by atoms with E-state index in [-0.39, 0.29) is 5.91 Å². The lowest BCUT2D eigenvalue weighted by molar-refractivity contribution is -0.119. The summed E-state index contributed by atoms with van der Waals surface area (Å²) in [5.41, 5.74) is 0. The first-order chi connectivity index (χ1) is 8.06. The van der Waals surface area contributed by atoms with E-state index in [4.69, 9.17) is 20.2 Å². The Morgan fingerprint density at radius 3 is 2.71 bits per heavy atom. The molecule has 17 heavy (non-hydrogen) atoms. The summed E-state index contributed by atoms with van der Waals surface area (Å²) in [6.07, 6.45) is 8.14. The van der Waals surface area contributed by atoms with Gasteiger partial charge in [-0.2, -0.15) is 0 Å². The molecule has 1 aliphatic rings. The molecule has 92 valence electrons. The van der Waals surface area contributed by atoms with E-state index in [2.05, 4.69) is 13.8 Å². The number of thiocarbonyl (C=S) groups is 1. The summed E-state index contributed by atoms with van der Waals surface area (Å²) < 4.78 is 0.444. The van der Waals surface area contributed by atoms with E-state index in [1.807, 2.05) is 6.08 Å². The number of allylic oxidation sites excluding steroid dienone is 1. The molecule has 1 saturated heterocycles. The average Bonchev–Trinajstić information content (AvgIpc) is 2.53. The molecule has 2 radical (unpaired) electrons. The van der Waals surface area contributed by atoms with Gasteiger partial charge in [0.1, 0.15) is 4.32 Å². The summed E-state index contributed by atoms with van der Waals surface area (Å²) in [7, 11) is 5.51. The van der Waals surface area contributed by atoms with E-state index in [1.165, 1.54) is 37.4 Å². The Morgan fingerprint density at radius 1 is 1.47 bits per heavy atom. The van der Waals surface area contributed by atoms with Gasteiger partial charge in [0.15, 0.2) is 0 Å². The molecule has 5 heteroatoms. The van der Waals surface area contributed by atoms with Gasteiger partial charge < -0.3 is 4.81 Å². The maximum Gasteiger partial charge on any atom is 0.252 e. The van der Waals surface area contributed by atoms with Crippen molar-refractivity contribution in [2.24, 2.45) is 5.92 Å². The molecule has 0 aromatic rings. The number of amides is 1. The summed E-state index contributed by atoms with van der Waals surface area (Å²) in [4.78, 5) is 13.4. The van der Waals surface area contributed by atoms with Crippen LogP contribution in [0.2, 0.25) is 0 Å². The first kappa shape index (κ1) is 14.8. The lowest BCUT2D eigenvalue weighted by atomic mass is 10.0. The number of carbonyl (C=O) groups is 1. The highest BCUT2D eigenvalue weighted by molar-refractivity contribution is 8.26. The van der Waals surface area contributed by atoms with Crippen LogP contribution < -0.4 is 0 Å². The van der Waals surface area contributed by atoms with Gasteiger partial charge in [0.2, 0.25) is 7.98 Å². The van der Waals surface area contributed by atoms with Gasteiger partial charge in [-0.1, -0.05) is 69.6 Å². The average molecular weight is 267 g/mol. The Bertz CT molecular complexity index is 330. The van der Waals surface area contributed by atoms with Crippen LogP contribution in [-0.2, 0) is 4.79 Å². The normalized spacial score (nSPS) is 20.4. The molecule has 1 heterocycles. The number of unbranched alkanes of at least 4 members (excludes halogenated alkanes) is 3. The predicted octanol–water partition coefficient (Wildman–Crippen LogP) is 3.42. The maximum absolute atomic E-state index is 11.7. The van der Waals surface area contributed by atoms with Crippen LogP contribution in [0.4, 0.5) is 0 Å². The minimum absolute atomic E-state index is 0.166. The zero-order valence-electron chi connectivity index (χ0n) is 10.4. The van der Waals surface area contributed by atoms with Crippen molar-refractivity contribution in [1.29, 1.82) is 0 Å². The third kappa shape index (κ3) is 4.47. The van der Waals surface area contributed by atoms with E-state index in [0.717, 1.165) is 11.2 Å². The van der Waals surface area contributed by atoms with Crippen LogP contribution >= 0.6 is 24.0 Å². The molecule has 0 aromatic carbocycles. The highest BCUT2D eigenvalue weighted by Crippen LogP contribution is 2.31. The van der Waals surface area contributed by atoms with Gasteiger partial charge in [-0.05, 0) is 12.3 Å². The number of hydrogen-bond acceptors (Lipinski definition) is 3. The molecule has 1 aliphatic heterocycles. The standard InChI is InChI=1S/C12H18BNOS2/c1-3-4-5-6-7-9(2)8-10-11(15)14(13)12(16)17-10/h8-9H,3-7H2,1-2H3/b10-8+. The summed E-state index contributed by atoms with van der Waals surface area (Å²) in [5.74, 6) is 0.244. The van der Waals surface area contributed by atoms with Crippen molar-refractivity contribution in [3.05, 3.63) is 11.0 Å². The molecule has 1 amide bonds. The van der Waals surface area contributed by atoms with Crippen molar-refractivity contribution in [2.45, 2.75) is 46.0 Å². The predicted molar refractivity (Wildman–Crippen MR) is 78.8 cm³/mol. The molecule has 0 bridgehead atoms. The minimum Gasteiger partial charge on any atom is -0.351 e. The summed E-state index contributed by atoms with van der Waals surface area (Å²) in [6, 6.07) is 0. The monoisotopic (exact) mass is 267 g/mol. The maximum atomic E-state index is 11.7. The van der Waals surface area contributed by atoms with Gasteiger partial charge in [-0.25, -0.2) is 0 Å². The van der Waals surface area contributed by atoms with E-state index in [9.17, 15) is 4.79 Å². The number of carbonyl (C=O) groups excluding carboxylic acids is 1. The molecule has 0 N–H and O–H groups in total. The Balaban J connectivity index is 2.41. The molecular weight excluding hydrogens is 249 g/mol. The van der Waals surface area contributed by atoms with E-state index in [0.29, 0.717) is 15.1 Å². The molecule has 0 spiro atoms. The molecule has 1 atom stereocenters. The highest BCUT2D eigenvalue weighted by Gasteiger charge is 2.28. The lowest BCUT2D eigenvalue weighted by Gasteiger charge is -2.07. The zero-order chi connectivity index (χ0) is 12.8. The fraction of sp³-hybridized carbons (Fsp3) is 0.667. The molecule has 1 unspecified atom stereocenters. The zero-order valence-corrected chi connectivity index (χ0v) is 12.1. The van der Waals surface area contributed by atoms with Crippen molar-refractivity contribution in [3.8, 4) is 0 Å². The molecule has 1 rings (SSSR count). The largest absolute Gasteiger partial charge is 0.351 e. The van der Waals surface area contributed by atoms with Gasteiger partial charge in [0, 0.05) is 0 Å². The van der Waals surface area contributed by atoms with Crippen molar-refractivity contribution in [3.63, 3.8) is 0 Å². The Morgan fingerprint density at radius 2 is 2.18 bits per heavy atom.